The van der Waals surface area contributed by atoms with E-state index in [9.17, 15) is 0 Å². The van der Waals surface area contributed by atoms with Crippen molar-refractivity contribution in [3.8, 4) is 29.0 Å². The summed E-state index contributed by atoms with van der Waals surface area (Å²) in [5.41, 5.74) is 2.25. The average molecular weight is 336 g/mol. The van der Waals surface area contributed by atoms with Gasteiger partial charge < -0.3 is 19.3 Å². The number of nitriles is 1. The summed E-state index contributed by atoms with van der Waals surface area (Å²) in [6.07, 6.45) is 0. The molecule has 0 aliphatic carbocycles. The third kappa shape index (κ3) is 3.70. The van der Waals surface area contributed by atoms with E-state index in [-0.39, 0.29) is 0 Å². The Morgan fingerprint density at radius 1 is 1.08 bits per heavy atom. The Labute approximate surface area is 144 Å². The molecule has 1 heterocycles. The smallest absolute Gasteiger partial charge is 0.246 e. The molecule has 0 atom stereocenters. The fourth-order valence-corrected chi connectivity index (χ4v) is 2.26. The van der Waals surface area contributed by atoms with Gasteiger partial charge >= 0.3 is 0 Å². The Morgan fingerprint density at radius 3 is 2.52 bits per heavy atom. The van der Waals surface area contributed by atoms with Gasteiger partial charge in [0, 0.05) is 11.3 Å². The minimum Gasteiger partial charge on any atom is -0.493 e. The maximum atomic E-state index is 8.80. The third-order valence-corrected chi connectivity index (χ3v) is 3.57. The molecule has 0 aliphatic heterocycles. The molecule has 0 amide bonds. The van der Waals surface area contributed by atoms with E-state index in [0.29, 0.717) is 35.3 Å². The van der Waals surface area contributed by atoms with E-state index >= 15 is 0 Å². The van der Waals surface area contributed by atoms with Crippen molar-refractivity contribution in [3.63, 3.8) is 0 Å². The molecule has 0 spiro atoms. The van der Waals surface area contributed by atoms with Crippen molar-refractivity contribution in [2.75, 3.05) is 19.5 Å². The van der Waals surface area contributed by atoms with Crippen molar-refractivity contribution >= 4 is 5.69 Å². The molecule has 3 aromatic rings. The van der Waals surface area contributed by atoms with Crippen molar-refractivity contribution in [3.05, 3.63) is 53.9 Å². The van der Waals surface area contributed by atoms with Gasteiger partial charge in [-0.1, -0.05) is 5.16 Å². The lowest BCUT2D eigenvalue weighted by atomic mass is 10.2. The van der Waals surface area contributed by atoms with Gasteiger partial charge in [0.2, 0.25) is 11.7 Å². The molecular formula is C18H16N4O3. The fourth-order valence-electron chi connectivity index (χ4n) is 2.26. The first-order chi connectivity index (χ1) is 12.2. The van der Waals surface area contributed by atoms with Crippen LogP contribution in [-0.2, 0) is 6.54 Å². The molecule has 25 heavy (non-hydrogen) atoms. The minimum absolute atomic E-state index is 0.381. The Bertz CT molecular complexity index is 897. The van der Waals surface area contributed by atoms with Crippen molar-refractivity contribution in [2.24, 2.45) is 0 Å². The predicted molar refractivity (Wildman–Crippen MR) is 91.3 cm³/mol. The first-order valence-corrected chi connectivity index (χ1v) is 7.52. The highest BCUT2D eigenvalue weighted by Gasteiger charge is 2.12. The molecule has 7 nitrogen and oxygen atoms in total. The highest BCUT2D eigenvalue weighted by Crippen LogP contribution is 2.31. The second-order valence-corrected chi connectivity index (χ2v) is 5.12. The van der Waals surface area contributed by atoms with Gasteiger partial charge in [0.15, 0.2) is 11.5 Å². The lowest BCUT2D eigenvalue weighted by Crippen LogP contribution is -1.99. The fraction of sp³-hybridized carbons (Fsp3) is 0.167. The quantitative estimate of drug-likeness (QED) is 0.738. The van der Waals surface area contributed by atoms with Crippen LogP contribution >= 0.6 is 0 Å². The first-order valence-electron chi connectivity index (χ1n) is 7.52. The summed E-state index contributed by atoms with van der Waals surface area (Å²) in [5, 5.41) is 16.0. The van der Waals surface area contributed by atoms with Gasteiger partial charge in [-0.3, -0.25) is 0 Å². The molecule has 7 heteroatoms. The third-order valence-electron chi connectivity index (χ3n) is 3.57. The zero-order chi connectivity index (χ0) is 17.6. The monoisotopic (exact) mass is 336 g/mol. The van der Waals surface area contributed by atoms with E-state index in [1.165, 1.54) is 0 Å². The summed E-state index contributed by atoms with van der Waals surface area (Å²) in [4.78, 5) is 4.37. The zero-order valence-electron chi connectivity index (χ0n) is 13.8. The Kier molecular flexibility index (Phi) is 4.81. The molecule has 1 aromatic heterocycles. The van der Waals surface area contributed by atoms with Crippen molar-refractivity contribution in [1.82, 2.24) is 10.1 Å². The van der Waals surface area contributed by atoms with Crippen LogP contribution in [0.2, 0.25) is 0 Å². The Balaban J connectivity index is 1.70. The zero-order valence-corrected chi connectivity index (χ0v) is 13.8. The van der Waals surface area contributed by atoms with Crippen LogP contribution in [0.3, 0.4) is 0 Å². The summed E-state index contributed by atoms with van der Waals surface area (Å²) in [6, 6.07) is 14.6. The number of hydrogen-bond donors (Lipinski definition) is 1. The average Bonchev–Trinajstić information content (AvgIpc) is 3.15. The molecule has 0 fully saturated rings. The number of methoxy groups -OCH3 is 2. The molecule has 0 bridgehead atoms. The second kappa shape index (κ2) is 7.36. The summed E-state index contributed by atoms with van der Waals surface area (Å²) in [7, 11) is 3.16. The molecule has 0 saturated heterocycles. The summed E-state index contributed by atoms with van der Waals surface area (Å²) in [5.74, 6) is 2.16. The maximum absolute atomic E-state index is 8.80. The lowest BCUT2D eigenvalue weighted by Gasteiger charge is -2.07. The van der Waals surface area contributed by atoms with E-state index in [1.807, 2.05) is 18.2 Å². The second-order valence-electron chi connectivity index (χ2n) is 5.12. The van der Waals surface area contributed by atoms with Crippen LogP contribution in [0.5, 0.6) is 11.5 Å². The Morgan fingerprint density at radius 2 is 1.84 bits per heavy atom. The number of hydrogen-bond acceptors (Lipinski definition) is 7. The number of aromatic nitrogens is 2. The topological polar surface area (TPSA) is 93.2 Å². The molecule has 0 unspecified atom stereocenters. The number of ether oxygens (including phenoxy) is 2. The van der Waals surface area contributed by atoms with Crippen LogP contribution in [0.1, 0.15) is 11.5 Å². The molecule has 3 rings (SSSR count). The van der Waals surface area contributed by atoms with Gasteiger partial charge in [-0.2, -0.15) is 10.2 Å². The molecule has 2 aromatic carbocycles. The lowest BCUT2D eigenvalue weighted by molar-refractivity contribution is 0.355. The van der Waals surface area contributed by atoms with Gasteiger partial charge in [0.1, 0.15) is 0 Å². The molecule has 126 valence electrons. The maximum Gasteiger partial charge on any atom is 0.246 e. The number of anilines is 1. The number of rotatable bonds is 6. The number of nitrogens with one attached hydrogen (secondary N) is 1. The van der Waals surface area contributed by atoms with E-state index in [4.69, 9.17) is 19.3 Å². The van der Waals surface area contributed by atoms with Gasteiger partial charge in [-0.25, -0.2) is 0 Å². The Hall–Kier alpha value is -3.53. The molecule has 0 radical (unpaired) electrons. The molecule has 0 saturated carbocycles. The van der Waals surface area contributed by atoms with Crippen LogP contribution in [0, 0.1) is 11.3 Å². The van der Waals surface area contributed by atoms with Crippen molar-refractivity contribution in [1.29, 1.82) is 5.26 Å². The summed E-state index contributed by atoms with van der Waals surface area (Å²) < 4.78 is 15.8. The predicted octanol–water partition coefficient (Wildman–Crippen LogP) is 3.24. The van der Waals surface area contributed by atoms with Crippen LogP contribution in [0.25, 0.3) is 11.4 Å². The molecule has 1 N–H and O–H groups in total. The summed E-state index contributed by atoms with van der Waals surface area (Å²) in [6.45, 7) is 0.381. The van der Waals surface area contributed by atoms with Gasteiger partial charge in [0.05, 0.1) is 32.4 Å². The van der Waals surface area contributed by atoms with Crippen LogP contribution in [0.15, 0.2) is 47.0 Å². The van der Waals surface area contributed by atoms with Crippen molar-refractivity contribution < 1.29 is 14.0 Å². The molecular weight excluding hydrogens is 320 g/mol. The first kappa shape index (κ1) is 16.3. The van der Waals surface area contributed by atoms with E-state index < -0.39 is 0 Å². The highest BCUT2D eigenvalue weighted by atomic mass is 16.5. The van der Waals surface area contributed by atoms with Crippen molar-refractivity contribution in [2.45, 2.75) is 6.54 Å². The highest BCUT2D eigenvalue weighted by molar-refractivity contribution is 5.60. The molecule has 0 aliphatic rings. The van der Waals surface area contributed by atoms with Gasteiger partial charge in [-0.05, 0) is 42.5 Å². The van der Waals surface area contributed by atoms with Crippen LogP contribution in [0.4, 0.5) is 5.69 Å². The van der Waals surface area contributed by atoms with E-state index in [1.54, 1.807) is 38.5 Å². The standard InChI is InChI=1S/C18H16N4O3/c1-23-15-8-5-13(9-16(15)24-2)18-21-17(25-22-18)11-20-14-6-3-12(10-19)4-7-14/h3-9,20H,11H2,1-2H3. The van der Waals surface area contributed by atoms with Gasteiger partial charge in [0.25, 0.3) is 0 Å². The minimum atomic E-state index is 0.381. The van der Waals surface area contributed by atoms with E-state index in [2.05, 4.69) is 21.5 Å². The normalized spacial score (nSPS) is 10.1. The largest absolute Gasteiger partial charge is 0.493 e. The summed E-state index contributed by atoms with van der Waals surface area (Å²) >= 11 is 0. The number of nitrogens with zero attached hydrogens (tertiary/aromatic N) is 3. The van der Waals surface area contributed by atoms with E-state index in [0.717, 1.165) is 11.3 Å². The van der Waals surface area contributed by atoms with Gasteiger partial charge in [-0.15, -0.1) is 0 Å². The SMILES string of the molecule is COc1ccc(-c2noc(CNc3ccc(C#N)cc3)n2)cc1OC. The van der Waals surface area contributed by atoms with Crippen LogP contribution < -0.4 is 14.8 Å². The van der Waals surface area contributed by atoms with Crippen LogP contribution in [-0.4, -0.2) is 24.4 Å². The number of benzene rings is 2.